The third-order valence-electron chi connectivity index (χ3n) is 6.14. The number of benzene rings is 2. The maximum Gasteiger partial charge on any atom is 0.236 e. The highest BCUT2D eigenvalue weighted by Crippen LogP contribution is 2.37. The molecule has 0 N–H and O–H groups in total. The Morgan fingerprint density at radius 2 is 1.77 bits per heavy atom. The number of hydrogen-bond acceptors (Lipinski definition) is 4. The van der Waals surface area contributed by atoms with Crippen molar-refractivity contribution in [1.82, 2.24) is 9.80 Å². The van der Waals surface area contributed by atoms with Gasteiger partial charge in [0, 0.05) is 26.1 Å². The molecule has 1 atom stereocenters. The molecule has 1 fully saturated rings. The molecule has 0 spiro atoms. The van der Waals surface area contributed by atoms with Gasteiger partial charge < -0.3 is 14.4 Å². The van der Waals surface area contributed by atoms with Crippen LogP contribution in [-0.2, 0) is 17.8 Å². The van der Waals surface area contributed by atoms with Gasteiger partial charge in [0.15, 0.2) is 11.5 Å². The number of hydrogen-bond donors (Lipinski definition) is 0. The molecular formula is C25H32N2O3. The Labute approximate surface area is 179 Å². The molecule has 0 saturated carbocycles. The van der Waals surface area contributed by atoms with Gasteiger partial charge in [-0.15, -0.1) is 0 Å². The molecule has 5 nitrogen and oxygen atoms in total. The second-order valence-electron chi connectivity index (χ2n) is 8.31. The van der Waals surface area contributed by atoms with E-state index in [4.69, 9.17) is 9.47 Å². The van der Waals surface area contributed by atoms with Gasteiger partial charge in [-0.1, -0.05) is 37.3 Å². The number of ether oxygens (including phenoxy) is 2. The molecule has 2 aliphatic heterocycles. The van der Waals surface area contributed by atoms with Crippen molar-refractivity contribution in [2.75, 3.05) is 33.4 Å². The van der Waals surface area contributed by atoms with Crippen molar-refractivity contribution < 1.29 is 14.3 Å². The summed E-state index contributed by atoms with van der Waals surface area (Å²) >= 11 is 0. The molecule has 0 aliphatic carbocycles. The second-order valence-corrected chi connectivity index (χ2v) is 8.31. The summed E-state index contributed by atoms with van der Waals surface area (Å²) in [5.41, 5.74) is 3.70. The fourth-order valence-electron chi connectivity index (χ4n) is 4.32. The van der Waals surface area contributed by atoms with Crippen molar-refractivity contribution in [2.45, 2.75) is 45.2 Å². The number of carbonyl (C=O) groups is 1. The van der Waals surface area contributed by atoms with E-state index in [-0.39, 0.29) is 11.9 Å². The Balaban J connectivity index is 1.39. The summed E-state index contributed by atoms with van der Waals surface area (Å²) < 4.78 is 11.6. The molecule has 1 saturated heterocycles. The Hall–Kier alpha value is -2.53. The summed E-state index contributed by atoms with van der Waals surface area (Å²) in [5.74, 6) is 1.82. The van der Waals surface area contributed by atoms with E-state index in [1.807, 2.05) is 18.0 Å². The fraction of sp³-hybridized carbons (Fsp3) is 0.480. The summed E-state index contributed by atoms with van der Waals surface area (Å²) in [4.78, 5) is 17.1. The van der Waals surface area contributed by atoms with Crippen LogP contribution >= 0.6 is 0 Å². The minimum atomic E-state index is 0.163. The van der Waals surface area contributed by atoms with Crippen LogP contribution in [0.2, 0.25) is 0 Å². The normalized spacial score (nSPS) is 18.8. The minimum Gasteiger partial charge on any atom is -0.490 e. The van der Waals surface area contributed by atoms with Crippen molar-refractivity contribution in [2.24, 2.45) is 0 Å². The third kappa shape index (κ3) is 4.78. The summed E-state index contributed by atoms with van der Waals surface area (Å²) in [6, 6.07) is 15.0. The van der Waals surface area contributed by atoms with Crippen molar-refractivity contribution in [3.63, 3.8) is 0 Å². The zero-order valence-corrected chi connectivity index (χ0v) is 18.1. The molecule has 2 heterocycles. The molecule has 1 amide bonds. The van der Waals surface area contributed by atoms with Crippen LogP contribution in [0, 0.1) is 0 Å². The first-order valence-corrected chi connectivity index (χ1v) is 11.1. The highest BCUT2D eigenvalue weighted by atomic mass is 16.5. The predicted octanol–water partition coefficient (Wildman–Crippen LogP) is 4.21. The highest BCUT2D eigenvalue weighted by molar-refractivity contribution is 5.78. The smallest absolute Gasteiger partial charge is 0.236 e. The van der Waals surface area contributed by atoms with Gasteiger partial charge >= 0.3 is 0 Å². The van der Waals surface area contributed by atoms with Gasteiger partial charge in [-0.05, 0) is 54.6 Å². The molecule has 0 bridgehead atoms. The van der Waals surface area contributed by atoms with Gasteiger partial charge in [0.25, 0.3) is 0 Å². The molecule has 0 unspecified atom stereocenters. The van der Waals surface area contributed by atoms with Crippen LogP contribution in [-0.4, -0.2) is 49.1 Å². The third-order valence-corrected chi connectivity index (χ3v) is 6.14. The first-order chi connectivity index (χ1) is 14.6. The lowest BCUT2D eigenvalue weighted by Gasteiger charge is -2.27. The topological polar surface area (TPSA) is 42.0 Å². The Bertz CT molecular complexity index is 865. The number of likely N-dealkylation sites (N-methyl/N-ethyl adjacent to an activating group) is 1. The molecule has 2 aromatic rings. The van der Waals surface area contributed by atoms with E-state index in [0.717, 1.165) is 43.7 Å². The van der Waals surface area contributed by atoms with Gasteiger partial charge in [0.2, 0.25) is 5.91 Å². The molecule has 30 heavy (non-hydrogen) atoms. The molecule has 0 aromatic heterocycles. The number of nitrogens with zero attached hydrogens (tertiary/aromatic N) is 2. The zero-order chi connectivity index (χ0) is 20.9. The Morgan fingerprint density at radius 3 is 2.53 bits per heavy atom. The average molecular weight is 409 g/mol. The van der Waals surface area contributed by atoms with E-state index in [1.165, 1.54) is 16.7 Å². The lowest BCUT2D eigenvalue weighted by atomic mass is 10.0. The molecule has 2 aliphatic rings. The maximum atomic E-state index is 12.9. The lowest BCUT2D eigenvalue weighted by molar-refractivity contribution is -0.131. The number of fused-ring (bicyclic) bond motifs is 1. The van der Waals surface area contributed by atoms with Crippen LogP contribution in [0.25, 0.3) is 0 Å². The maximum absolute atomic E-state index is 12.9. The van der Waals surface area contributed by atoms with Gasteiger partial charge in [-0.25, -0.2) is 0 Å². The van der Waals surface area contributed by atoms with E-state index in [9.17, 15) is 4.79 Å². The van der Waals surface area contributed by atoms with Gasteiger partial charge in [0.05, 0.1) is 19.8 Å². The van der Waals surface area contributed by atoms with Crippen LogP contribution < -0.4 is 9.47 Å². The van der Waals surface area contributed by atoms with Gasteiger partial charge in [-0.2, -0.15) is 0 Å². The molecule has 160 valence electrons. The molecule has 0 radical (unpaired) electrons. The SMILES string of the molecule is CCc1ccc(CN(C)C(=O)CN2CCC[C@H]2c2ccc3c(c2)OCCCO3)cc1. The molecular weight excluding hydrogens is 376 g/mol. The van der Waals surface area contributed by atoms with Crippen LogP contribution in [0.15, 0.2) is 42.5 Å². The molecule has 5 heteroatoms. The van der Waals surface area contributed by atoms with Crippen molar-refractivity contribution in [3.05, 3.63) is 59.2 Å². The van der Waals surface area contributed by atoms with Crippen molar-refractivity contribution >= 4 is 5.91 Å². The van der Waals surface area contributed by atoms with Crippen LogP contribution in [0.4, 0.5) is 0 Å². The first-order valence-electron chi connectivity index (χ1n) is 11.1. The van der Waals surface area contributed by atoms with E-state index >= 15 is 0 Å². The summed E-state index contributed by atoms with van der Waals surface area (Å²) in [6.07, 6.45) is 4.11. The monoisotopic (exact) mass is 408 g/mol. The first kappa shape index (κ1) is 20.7. The van der Waals surface area contributed by atoms with Crippen LogP contribution in [0.5, 0.6) is 11.5 Å². The van der Waals surface area contributed by atoms with Crippen LogP contribution in [0.1, 0.15) is 48.9 Å². The minimum absolute atomic E-state index is 0.163. The summed E-state index contributed by atoms with van der Waals surface area (Å²) in [5, 5.41) is 0. The van der Waals surface area contributed by atoms with Crippen molar-refractivity contribution in [1.29, 1.82) is 0 Å². The number of likely N-dealkylation sites (tertiary alicyclic amines) is 1. The predicted molar refractivity (Wildman–Crippen MR) is 118 cm³/mol. The van der Waals surface area contributed by atoms with Crippen LogP contribution in [0.3, 0.4) is 0 Å². The zero-order valence-electron chi connectivity index (χ0n) is 18.1. The Morgan fingerprint density at radius 1 is 1.03 bits per heavy atom. The molecule has 2 aromatic carbocycles. The van der Waals surface area contributed by atoms with Crippen molar-refractivity contribution in [3.8, 4) is 11.5 Å². The van der Waals surface area contributed by atoms with E-state index < -0.39 is 0 Å². The van der Waals surface area contributed by atoms with E-state index in [0.29, 0.717) is 26.3 Å². The quantitative estimate of drug-likeness (QED) is 0.718. The fourth-order valence-corrected chi connectivity index (χ4v) is 4.32. The average Bonchev–Trinajstić information content (AvgIpc) is 3.09. The number of aryl methyl sites for hydroxylation is 1. The van der Waals surface area contributed by atoms with E-state index in [1.54, 1.807) is 0 Å². The Kier molecular flexibility index (Phi) is 6.58. The second kappa shape index (κ2) is 9.52. The number of carbonyl (C=O) groups excluding carboxylic acids is 1. The highest BCUT2D eigenvalue weighted by Gasteiger charge is 2.29. The summed E-state index contributed by atoms with van der Waals surface area (Å²) in [7, 11) is 1.90. The van der Waals surface area contributed by atoms with Gasteiger partial charge in [-0.3, -0.25) is 9.69 Å². The number of rotatable bonds is 6. The van der Waals surface area contributed by atoms with E-state index in [2.05, 4.69) is 48.2 Å². The summed E-state index contributed by atoms with van der Waals surface area (Å²) in [6.45, 7) is 5.58. The lowest BCUT2D eigenvalue weighted by Crippen LogP contribution is -2.37. The van der Waals surface area contributed by atoms with Gasteiger partial charge in [0.1, 0.15) is 0 Å². The molecule has 4 rings (SSSR count). The standard InChI is InChI=1S/C25H32N2O3/c1-3-19-7-9-20(10-8-19)17-26(2)25(28)18-27-13-4-6-22(27)21-11-12-23-24(16-21)30-15-5-14-29-23/h7-12,16,22H,3-6,13-15,17-18H2,1-2H3/t22-/m0/s1. The largest absolute Gasteiger partial charge is 0.490 e. The number of amides is 1.